The highest BCUT2D eigenvalue weighted by molar-refractivity contribution is 6.04. The van der Waals surface area contributed by atoms with E-state index < -0.39 is 17.6 Å². The van der Waals surface area contributed by atoms with Crippen LogP contribution in [-0.2, 0) is 6.18 Å². The van der Waals surface area contributed by atoms with Crippen LogP contribution in [0.2, 0.25) is 0 Å². The van der Waals surface area contributed by atoms with Crippen LogP contribution < -0.4 is 5.32 Å². The van der Waals surface area contributed by atoms with Gasteiger partial charge in [-0.1, -0.05) is 24.3 Å². The van der Waals surface area contributed by atoms with Crippen molar-refractivity contribution in [2.45, 2.75) is 6.18 Å². The number of anilines is 1. The van der Waals surface area contributed by atoms with Gasteiger partial charge in [0.05, 0.1) is 11.1 Å². The van der Waals surface area contributed by atoms with Gasteiger partial charge in [0.1, 0.15) is 5.69 Å². The van der Waals surface area contributed by atoms with Gasteiger partial charge in [0.15, 0.2) is 0 Å². The maximum absolute atomic E-state index is 12.5. The number of nitrogens with one attached hydrogen (secondary N) is 1. The molecule has 2 aromatic carbocycles. The fourth-order valence-corrected chi connectivity index (χ4v) is 2.13. The first kappa shape index (κ1) is 15.0. The number of aromatic nitrogens is 1. The molecule has 0 bridgehead atoms. The Morgan fingerprint density at radius 3 is 2.30 bits per heavy atom. The van der Waals surface area contributed by atoms with Gasteiger partial charge in [0.25, 0.3) is 5.91 Å². The molecule has 0 radical (unpaired) electrons. The first-order valence-electron chi connectivity index (χ1n) is 6.78. The number of halogens is 3. The molecular weight excluding hydrogens is 305 g/mol. The lowest BCUT2D eigenvalue weighted by molar-refractivity contribution is -0.137. The van der Waals surface area contributed by atoms with Gasteiger partial charge >= 0.3 is 6.18 Å². The molecule has 1 aromatic heterocycles. The molecule has 0 unspecified atom stereocenters. The van der Waals surface area contributed by atoms with Crippen LogP contribution in [0.4, 0.5) is 18.9 Å². The third-order valence-electron chi connectivity index (χ3n) is 3.30. The van der Waals surface area contributed by atoms with Crippen LogP contribution in [0.25, 0.3) is 10.9 Å². The lowest BCUT2D eigenvalue weighted by Gasteiger charge is -2.09. The zero-order chi connectivity index (χ0) is 16.4. The van der Waals surface area contributed by atoms with E-state index in [9.17, 15) is 18.0 Å². The monoisotopic (exact) mass is 316 g/mol. The Bertz CT molecular complexity index is 858. The summed E-state index contributed by atoms with van der Waals surface area (Å²) in [5, 5.41) is 3.43. The van der Waals surface area contributed by atoms with Crippen LogP contribution in [0.5, 0.6) is 0 Å². The molecule has 0 aliphatic rings. The second-order valence-electron chi connectivity index (χ2n) is 4.92. The molecular formula is C17H11F3N2O. The molecule has 0 saturated carbocycles. The van der Waals surface area contributed by atoms with E-state index in [1.54, 1.807) is 18.2 Å². The Hall–Kier alpha value is -2.89. The van der Waals surface area contributed by atoms with Crippen molar-refractivity contribution in [2.75, 3.05) is 5.32 Å². The molecule has 23 heavy (non-hydrogen) atoms. The van der Waals surface area contributed by atoms with E-state index in [-0.39, 0.29) is 11.4 Å². The second kappa shape index (κ2) is 5.72. The van der Waals surface area contributed by atoms with Gasteiger partial charge in [0, 0.05) is 11.1 Å². The Kier molecular flexibility index (Phi) is 3.73. The topological polar surface area (TPSA) is 42.0 Å². The number of hydrogen-bond donors (Lipinski definition) is 1. The molecule has 3 rings (SSSR count). The van der Waals surface area contributed by atoms with Crippen LogP contribution in [0.15, 0.2) is 60.7 Å². The van der Waals surface area contributed by atoms with Crippen molar-refractivity contribution in [3.8, 4) is 0 Å². The van der Waals surface area contributed by atoms with E-state index in [2.05, 4.69) is 10.3 Å². The van der Waals surface area contributed by atoms with E-state index >= 15 is 0 Å². The summed E-state index contributed by atoms with van der Waals surface area (Å²) in [6.07, 6.45) is -4.40. The quantitative estimate of drug-likeness (QED) is 0.756. The second-order valence-corrected chi connectivity index (χ2v) is 4.92. The average molecular weight is 316 g/mol. The van der Waals surface area contributed by atoms with Crippen molar-refractivity contribution in [2.24, 2.45) is 0 Å². The highest BCUT2D eigenvalue weighted by Gasteiger charge is 2.30. The van der Waals surface area contributed by atoms with Crippen LogP contribution >= 0.6 is 0 Å². The van der Waals surface area contributed by atoms with Gasteiger partial charge in [-0.3, -0.25) is 4.79 Å². The first-order valence-corrected chi connectivity index (χ1v) is 6.78. The van der Waals surface area contributed by atoms with Gasteiger partial charge in [-0.2, -0.15) is 13.2 Å². The van der Waals surface area contributed by atoms with Gasteiger partial charge in [0.2, 0.25) is 0 Å². The molecule has 1 heterocycles. The van der Waals surface area contributed by atoms with E-state index in [0.717, 1.165) is 17.5 Å². The third kappa shape index (κ3) is 3.31. The van der Waals surface area contributed by atoms with E-state index in [1.807, 2.05) is 18.2 Å². The number of carbonyl (C=O) groups excluding carboxylic acids is 1. The predicted molar refractivity (Wildman–Crippen MR) is 81.1 cm³/mol. The third-order valence-corrected chi connectivity index (χ3v) is 3.30. The number of alkyl halides is 3. The number of rotatable bonds is 2. The summed E-state index contributed by atoms with van der Waals surface area (Å²) < 4.78 is 37.5. The standard InChI is InChI=1S/C17H11F3N2O/c18-17(19,20)12-6-8-13(9-7-12)21-16(23)15-10-5-11-3-1-2-4-14(11)22-15/h1-10H,(H,21,23). The minimum absolute atomic E-state index is 0.198. The number of amides is 1. The maximum atomic E-state index is 12.5. The molecule has 3 nitrogen and oxygen atoms in total. The van der Waals surface area contributed by atoms with Crippen molar-refractivity contribution in [1.82, 2.24) is 4.98 Å². The van der Waals surface area contributed by atoms with Crippen molar-refractivity contribution in [1.29, 1.82) is 0 Å². The number of pyridine rings is 1. The SMILES string of the molecule is O=C(Nc1ccc(C(F)(F)F)cc1)c1ccc2ccccc2n1. The summed E-state index contributed by atoms with van der Waals surface area (Å²) >= 11 is 0. The lowest BCUT2D eigenvalue weighted by atomic mass is 10.2. The van der Waals surface area contributed by atoms with Crippen molar-refractivity contribution in [3.05, 3.63) is 71.9 Å². The Labute approximate surface area is 129 Å². The van der Waals surface area contributed by atoms with E-state index in [0.29, 0.717) is 5.52 Å². The van der Waals surface area contributed by atoms with Crippen molar-refractivity contribution >= 4 is 22.5 Å². The van der Waals surface area contributed by atoms with Crippen LogP contribution in [0.1, 0.15) is 16.1 Å². The van der Waals surface area contributed by atoms with Crippen LogP contribution in [-0.4, -0.2) is 10.9 Å². The number of para-hydroxylation sites is 1. The zero-order valence-electron chi connectivity index (χ0n) is 11.8. The van der Waals surface area contributed by atoms with Crippen LogP contribution in [0.3, 0.4) is 0 Å². The van der Waals surface area contributed by atoms with Crippen molar-refractivity contribution in [3.63, 3.8) is 0 Å². The fourth-order valence-electron chi connectivity index (χ4n) is 2.13. The maximum Gasteiger partial charge on any atom is 0.416 e. The highest BCUT2D eigenvalue weighted by atomic mass is 19.4. The van der Waals surface area contributed by atoms with E-state index in [1.165, 1.54) is 12.1 Å². The number of benzene rings is 2. The van der Waals surface area contributed by atoms with Gasteiger partial charge in [-0.05, 0) is 36.4 Å². The summed E-state index contributed by atoms with van der Waals surface area (Å²) in [4.78, 5) is 16.4. The van der Waals surface area contributed by atoms with Crippen LogP contribution in [0, 0.1) is 0 Å². The van der Waals surface area contributed by atoms with Gasteiger partial charge in [-0.15, -0.1) is 0 Å². The first-order chi connectivity index (χ1) is 10.9. The molecule has 3 aromatic rings. The number of carbonyl (C=O) groups is 1. The lowest BCUT2D eigenvalue weighted by Crippen LogP contribution is -2.14. The molecule has 0 saturated heterocycles. The molecule has 1 amide bonds. The molecule has 116 valence electrons. The largest absolute Gasteiger partial charge is 0.416 e. The molecule has 0 atom stereocenters. The number of fused-ring (bicyclic) bond motifs is 1. The Morgan fingerprint density at radius 2 is 1.61 bits per heavy atom. The zero-order valence-corrected chi connectivity index (χ0v) is 11.8. The summed E-state index contributed by atoms with van der Waals surface area (Å²) in [7, 11) is 0. The summed E-state index contributed by atoms with van der Waals surface area (Å²) in [5.41, 5.74) is 0.383. The average Bonchev–Trinajstić information content (AvgIpc) is 2.54. The molecule has 0 spiro atoms. The predicted octanol–water partition coefficient (Wildman–Crippen LogP) is 4.51. The highest BCUT2D eigenvalue weighted by Crippen LogP contribution is 2.29. The molecule has 0 fully saturated rings. The summed E-state index contributed by atoms with van der Waals surface area (Å²) in [6, 6.07) is 14.9. The number of hydrogen-bond acceptors (Lipinski definition) is 2. The minimum atomic E-state index is -4.40. The normalized spacial score (nSPS) is 11.4. The molecule has 1 N–H and O–H groups in total. The summed E-state index contributed by atoms with van der Waals surface area (Å²) in [5.74, 6) is -0.476. The molecule has 0 aliphatic heterocycles. The Balaban J connectivity index is 1.80. The summed E-state index contributed by atoms with van der Waals surface area (Å²) in [6.45, 7) is 0. The van der Waals surface area contributed by atoms with E-state index in [4.69, 9.17) is 0 Å². The molecule has 6 heteroatoms. The molecule has 0 aliphatic carbocycles. The number of nitrogens with zero attached hydrogens (tertiary/aromatic N) is 1. The Morgan fingerprint density at radius 1 is 0.913 bits per heavy atom. The fraction of sp³-hybridized carbons (Fsp3) is 0.0588. The van der Waals surface area contributed by atoms with Gasteiger partial charge in [-0.25, -0.2) is 4.98 Å². The van der Waals surface area contributed by atoms with Gasteiger partial charge < -0.3 is 5.32 Å². The van der Waals surface area contributed by atoms with Crippen molar-refractivity contribution < 1.29 is 18.0 Å². The smallest absolute Gasteiger partial charge is 0.321 e. The minimum Gasteiger partial charge on any atom is -0.321 e.